The molecular formula is C5H9NO3S2. The van der Waals surface area contributed by atoms with E-state index in [0.29, 0.717) is 0 Å². The van der Waals surface area contributed by atoms with Crippen LogP contribution in [0.25, 0.3) is 0 Å². The second-order valence-corrected chi connectivity index (χ2v) is 2.87. The zero-order valence-electron chi connectivity index (χ0n) is 5.90. The number of aliphatic hydroxyl groups excluding tert-OH is 1. The van der Waals surface area contributed by atoms with Crippen molar-refractivity contribution in [2.75, 3.05) is 13.7 Å². The number of aliphatic hydroxyl groups is 1. The molecule has 0 saturated carbocycles. The largest absolute Gasteiger partial charge is 0.467 e. The van der Waals surface area contributed by atoms with E-state index >= 15 is 0 Å². The fourth-order valence-corrected chi connectivity index (χ4v) is 0.769. The van der Waals surface area contributed by atoms with Crippen LogP contribution in [0, 0.1) is 0 Å². The van der Waals surface area contributed by atoms with Gasteiger partial charge in [-0.3, -0.25) is 0 Å². The average molecular weight is 195 g/mol. The van der Waals surface area contributed by atoms with Crippen LogP contribution in [0.4, 0.5) is 0 Å². The van der Waals surface area contributed by atoms with Crippen molar-refractivity contribution in [1.29, 1.82) is 0 Å². The third-order valence-electron chi connectivity index (χ3n) is 0.966. The van der Waals surface area contributed by atoms with E-state index in [1.807, 2.05) is 0 Å². The topological polar surface area (TPSA) is 58.6 Å². The number of methoxy groups -OCH3 is 1. The zero-order valence-corrected chi connectivity index (χ0v) is 7.61. The number of thiol groups is 1. The van der Waals surface area contributed by atoms with Crippen LogP contribution in [0.2, 0.25) is 0 Å². The van der Waals surface area contributed by atoms with E-state index in [1.54, 1.807) is 0 Å². The van der Waals surface area contributed by atoms with Crippen LogP contribution >= 0.6 is 24.8 Å². The molecule has 0 saturated heterocycles. The molecule has 0 spiro atoms. The Labute approximate surface area is 75.3 Å². The van der Waals surface area contributed by atoms with Crippen molar-refractivity contribution in [3.05, 3.63) is 0 Å². The highest BCUT2D eigenvalue weighted by molar-refractivity contribution is 8.11. The van der Waals surface area contributed by atoms with Crippen molar-refractivity contribution in [3.8, 4) is 0 Å². The minimum atomic E-state index is -0.815. The molecule has 2 N–H and O–H groups in total. The molecule has 1 unspecified atom stereocenters. The summed E-state index contributed by atoms with van der Waals surface area (Å²) in [6.45, 7) is -0.368. The summed E-state index contributed by atoms with van der Waals surface area (Å²) in [6.07, 6.45) is 0. The van der Waals surface area contributed by atoms with E-state index in [0.717, 1.165) is 0 Å². The number of carbonyl (C=O) groups is 1. The predicted octanol–water partition coefficient (Wildman–Crippen LogP) is -0.675. The lowest BCUT2D eigenvalue weighted by Gasteiger charge is -2.12. The number of hydrogen-bond donors (Lipinski definition) is 3. The Bertz CT molecular complexity index is 162. The monoisotopic (exact) mass is 195 g/mol. The molecule has 0 fully saturated rings. The zero-order chi connectivity index (χ0) is 8.85. The van der Waals surface area contributed by atoms with Gasteiger partial charge < -0.3 is 15.2 Å². The molecule has 0 amide bonds. The van der Waals surface area contributed by atoms with Crippen LogP contribution in [0.15, 0.2) is 0 Å². The Morgan fingerprint density at radius 2 is 2.45 bits per heavy atom. The molecule has 0 rings (SSSR count). The van der Waals surface area contributed by atoms with Crippen LogP contribution in [-0.2, 0) is 9.53 Å². The van der Waals surface area contributed by atoms with Crippen molar-refractivity contribution in [3.63, 3.8) is 0 Å². The Morgan fingerprint density at radius 3 is 2.73 bits per heavy atom. The minimum absolute atomic E-state index is 0.148. The minimum Gasteiger partial charge on any atom is -0.467 e. The summed E-state index contributed by atoms with van der Waals surface area (Å²) in [7, 11) is 1.23. The summed E-state index contributed by atoms with van der Waals surface area (Å²) >= 11 is 8.27. The first-order chi connectivity index (χ1) is 5.11. The molecule has 0 aromatic carbocycles. The molecule has 0 aromatic rings. The predicted molar refractivity (Wildman–Crippen MR) is 47.6 cm³/mol. The average Bonchev–Trinajstić information content (AvgIpc) is 1.98. The lowest BCUT2D eigenvalue weighted by Crippen LogP contribution is -2.41. The van der Waals surface area contributed by atoms with Crippen LogP contribution in [-0.4, -0.2) is 35.2 Å². The second kappa shape index (κ2) is 5.34. The summed E-state index contributed by atoms with van der Waals surface area (Å²) < 4.78 is 4.50. The first-order valence-corrected chi connectivity index (χ1v) is 3.65. The fraction of sp³-hybridized carbons (Fsp3) is 0.600. The van der Waals surface area contributed by atoms with Gasteiger partial charge in [-0.15, -0.1) is 12.6 Å². The van der Waals surface area contributed by atoms with Gasteiger partial charge in [-0.25, -0.2) is 4.79 Å². The molecule has 64 valence electrons. The highest BCUT2D eigenvalue weighted by Crippen LogP contribution is 1.89. The number of rotatable bonds is 3. The van der Waals surface area contributed by atoms with E-state index in [-0.39, 0.29) is 10.9 Å². The Balaban J connectivity index is 3.94. The highest BCUT2D eigenvalue weighted by Gasteiger charge is 2.17. The summed E-state index contributed by atoms with van der Waals surface area (Å²) in [5.74, 6) is -0.566. The normalized spacial score (nSPS) is 11.9. The number of nitrogens with one attached hydrogen (secondary N) is 1. The first kappa shape index (κ1) is 10.7. The Morgan fingerprint density at radius 1 is 1.91 bits per heavy atom. The SMILES string of the molecule is COC(=O)C(CO)NC(=S)S. The molecule has 0 aliphatic rings. The van der Waals surface area contributed by atoms with Gasteiger partial charge in [0.25, 0.3) is 0 Å². The van der Waals surface area contributed by atoms with Gasteiger partial charge >= 0.3 is 5.97 Å². The van der Waals surface area contributed by atoms with Crippen LogP contribution in [0.5, 0.6) is 0 Å². The van der Waals surface area contributed by atoms with Crippen LogP contribution in [0.3, 0.4) is 0 Å². The van der Waals surface area contributed by atoms with Gasteiger partial charge in [0, 0.05) is 0 Å². The summed E-state index contributed by atoms with van der Waals surface area (Å²) in [5.41, 5.74) is 0. The van der Waals surface area contributed by atoms with Crippen molar-refractivity contribution < 1.29 is 14.6 Å². The molecule has 0 heterocycles. The number of carbonyl (C=O) groups excluding carboxylic acids is 1. The third-order valence-corrected chi connectivity index (χ3v) is 1.21. The molecule has 0 aromatic heterocycles. The van der Waals surface area contributed by atoms with Crippen molar-refractivity contribution in [1.82, 2.24) is 5.32 Å². The maximum Gasteiger partial charge on any atom is 0.330 e. The van der Waals surface area contributed by atoms with Gasteiger partial charge in [-0.1, -0.05) is 12.2 Å². The van der Waals surface area contributed by atoms with Crippen LogP contribution < -0.4 is 5.32 Å². The lowest BCUT2D eigenvalue weighted by molar-refractivity contribution is -0.143. The highest BCUT2D eigenvalue weighted by atomic mass is 32.1. The molecule has 0 aliphatic heterocycles. The standard InChI is InChI=1S/C5H9NO3S2/c1-9-4(8)3(2-7)6-5(10)11/h3,7H,2H2,1H3,(H2,6,10,11). The third kappa shape index (κ3) is 4.18. The van der Waals surface area contributed by atoms with Gasteiger partial charge in [0.1, 0.15) is 10.4 Å². The smallest absolute Gasteiger partial charge is 0.330 e. The number of hydrogen-bond acceptors (Lipinski definition) is 4. The Hall–Kier alpha value is -0.330. The van der Waals surface area contributed by atoms with Gasteiger partial charge in [0.15, 0.2) is 0 Å². The van der Waals surface area contributed by atoms with Crippen molar-refractivity contribution in [2.45, 2.75) is 6.04 Å². The first-order valence-electron chi connectivity index (χ1n) is 2.80. The van der Waals surface area contributed by atoms with Crippen molar-refractivity contribution >= 4 is 35.1 Å². The molecule has 4 nitrogen and oxygen atoms in total. The summed E-state index contributed by atoms with van der Waals surface area (Å²) in [6, 6.07) is -0.815. The van der Waals surface area contributed by atoms with Crippen molar-refractivity contribution in [2.24, 2.45) is 0 Å². The van der Waals surface area contributed by atoms with Gasteiger partial charge in [0.2, 0.25) is 0 Å². The van der Waals surface area contributed by atoms with Gasteiger partial charge in [-0.2, -0.15) is 0 Å². The Kier molecular flexibility index (Phi) is 5.18. The van der Waals surface area contributed by atoms with Crippen LogP contribution in [0.1, 0.15) is 0 Å². The molecule has 0 radical (unpaired) electrons. The molecule has 0 aliphatic carbocycles. The number of esters is 1. The molecule has 11 heavy (non-hydrogen) atoms. The summed E-state index contributed by atoms with van der Waals surface area (Å²) in [5, 5.41) is 11.1. The quantitative estimate of drug-likeness (QED) is 0.316. The maximum absolute atomic E-state index is 10.7. The van der Waals surface area contributed by atoms with E-state index in [4.69, 9.17) is 5.11 Å². The number of ether oxygens (including phenoxy) is 1. The van der Waals surface area contributed by atoms with E-state index < -0.39 is 12.0 Å². The van der Waals surface area contributed by atoms with Gasteiger partial charge in [-0.05, 0) is 0 Å². The van der Waals surface area contributed by atoms with E-state index in [2.05, 4.69) is 34.9 Å². The van der Waals surface area contributed by atoms with E-state index in [1.165, 1.54) is 7.11 Å². The van der Waals surface area contributed by atoms with E-state index in [9.17, 15) is 4.79 Å². The lowest BCUT2D eigenvalue weighted by atomic mass is 10.3. The fourth-order valence-electron chi connectivity index (χ4n) is 0.470. The van der Waals surface area contributed by atoms with Gasteiger partial charge in [0.05, 0.1) is 13.7 Å². The molecule has 1 atom stereocenters. The maximum atomic E-state index is 10.7. The number of thiocarbonyl (C=S) groups is 1. The summed E-state index contributed by atoms with van der Waals surface area (Å²) in [4.78, 5) is 10.7. The second-order valence-electron chi connectivity index (χ2n) is 1.71. The molecule has 6 heteroatoms. The molecule has 0 bridgehead atoms. The molecular weight excluding hydrogens is 186 g/mol.